The minimum absolute atomic E-state index is 0.154. The van der Waals surface area contributed by atoms with Crippen molar-refractivity contribution in [2.45, 2.75) is 13.2 Å². The second kappa shape index (κ2) is 9.94. The third kappa shape index (κ3) is 6.36. The first kappa shape index (κ1) is 17.4. The van der Waals surface area contributed by atoms with E-state index in [1.807, 2.05) is 24.3 Å². The van der Waals surface area contributed by atoms with Crippen LogP contribution in [0.15, 0.2) is 48.5 Å². The molecule has 4 nitrogen and oxygen atoms in total. The topological polar surface area (TPSA) is 53.5 Å². The van der Waals surface area contributed by atoms with Crippen LogP contribution in [-0.2, 0) is 13.2 Å². The molecule has 0 unspecified atom stereocenters. The fourth-order valence-electron chi connectivity index (χ4n) is 2.14. The highest BCUT2D eigenvalue weighted by Crippen LogP contribution is 2.16. The predicted octanol–water partition coefficient (Wildman–Crippen LogP) is 2.08. The number of rotatable bonds is 10. The van der Waals surface area contributed by atoms with Crippen LogP contribution < -0.4 is 15.4 Å². The minimum Gasteiger partial charge on any atom is -0.489 e. The Morgan fingerprint density at radius 1 is 0.957 bits per heavy atom. The van der Waals surface area contributed by atoms with Crippen molar-refractivity contribution in [2.24, 2.45) is 0 Å². The third-order valence-electron chi connectivity index (χ3n) is 3.35. The average Bonchev–Trinajstić information content (AvgIpc) is 2.58. The standard InChI is InChI=1S/C18H23FN2O2/c19-18-7-2-1-5-16(18)14-23-17-6-3-4-15(12-17)13-21-9-8-20-10-11-22/h1-7,12,20-22H,8-11,13-14H2. The molecule has 2 aromatic rings. The smallest absolute Gasteiger partial charge is 0.129 e. The molecule has 2 rings (SSSR count). The Labute approximate surface area is 136 Å². The monoisotopic (exact) mass is 318 g/mol. The van der Waals surface area contributed by atoms with E-state index in [9.17, 15) is 4.39 Å². The second-order valence-electron chi connectivity index (χ2n) is 5.18. The molecule has 0 saturated carbocycles. The van der Waals surface area contributed by atoms with Crippen molar-refractivity contribution in [3.63, 3.8) is 0 Å². The average molecular weight is 318 g/mol. The van der Waals surface area contributed by atoms with E-state index in [4.69, 9.17) is 9.84 Å². The van der Waals surface area contributed by atoms with Gasteiger partial charge in [0, 0.05) is 31.7 Å². The molecule has 0 bridgehead atoms. The van der Waals surface area contributed by atoms with E-state index in [-0.39, 0.29) is 19.0 Å². The fraction of sp³-hybridized carbons (Fsp3) is 0.333. The molecule has 0 saturated heterocycles. The lowest BCUT2D eigenvalue weighted by Gasteiger charge is -2.10. The highest BCUT2D eigenvalue weighted by Gasteiger charge is 2.02. The SMILES string of the molecule is OCCNCCNCc1cccc(OCc2ccccc2F)c1. The Morgan fingerprint density at radius 3 is 2.61 bits per heavy atom. The van der Waals surface area contributed by atoms with Crippen molar-refractivity contribution < 1.29 is 14.2 Å². The van der Waals surface area contributed by atoms with Gasteiger partial charge < -0.3 is 20.5 Å². The van der Waals surface area contributed by atoms with Gasteiger partial charge in [-0.3, -0.25) is 0 Å². The molecule has 3 N–H and O–H groups in total. The zero-order chi connectivity index (χ0) is 16.3. The molecule has 0 aliphatic rings. The maximum atomic E-state index is 13.6. The van der Waals surface area contributed by atoms with Crippen LogP contribution in [0.3, 0.4) is 0 Å². The second-order valence-corrected chi connectivity index (χ2v) is 5.18. The predicted molar refractivity (Wildman–Crippen MR) is 88.8 cm³/mol. The zero-order valence-corrected chi connectivity index (χ0v) is 13.1. The van der Waals surface area contributed by atoms with E-state index in [0.29, 0.717) is 12.1 Å². The van der Waals surface area contributed by atoms with E-state index in [1.54, 1.807) is 18.2 Å². The van der Waals surface area contributed by atoms with Gasteiger partial charge in [-0.25, -0.2) is 4.39 Å². The lowest BCUT2D eigenvalue weighted by atomic mass is 10.2. The number of aliphatic hydroxyl groups is 1. The van der Waals surface area contributed by atoms with Crippen LogP contribution in [0.25, 0.3) is 0 Å². The lowest BCUT2D eigenvalue weighted by Crippen LogP contribution is -2.28. The normalized spacial score (nSPS) is 10.7. The fourth-order valence-corrected chi connectivity index (χ4v) is 2.14. The molecule has 0 fully saturated rings. The van der Waals surface area contributed by atoms with Crippen LogP contribution in [-0.4, -0.2) is 31.3 Å². The van der Waals surface area contributed by atoms with E-state index in [2.05, 4.69) is 10.6 Å². The summed E-state index contributed by atoms with van der Waals surface area (Å²) in [7, 11) is 0. The van der Waals surface area contributed by atoms with Crippen molar-refractivity contribution >= 4 is 0 Å². The van der Waals surface area contributed by atoms with E-state index < -0.39 is 0 Å². The molecule has 0 heterocycles. The molecule has 23 heavy (non-hydrogen) atoms. The van der Waals surface area contributed by atoms with Gasteiger partial charge in [-0.2, -0.15) is 0 Å². The number of aliphatic hydroxyl groups excluding tert-OH is 1. The number of nitrogens with one attached hydrogen (secondary N) is 2. The molecule has 0 atom stereocenters. The number of benzene rings is 2. The molecular formula is C18H23FN2O2. The van der Waals surface area contributed by atoms with Crippen LogP contribution in [0.2, 0.25) is 0 Å². The Kier molecular flexibility index (Phi) is 7.52. The number of hydrogen-bond acceptors (Lipinski definition) is 4. The number of ether oxygens (including phenoxy) is 1. The molecule has 0 radical (unpaired) electrons. The first-order chi connectivity index (χ1) is 11.3. The summed E-state index contributed by atoms with van der Waals surface area (Å²) in [5.41, 5.74) is 1.66. The zero-order valence-electron chi connectivity index (χ0n) is 13.1. The van der Waals surface area contributed by atoms with Gasteiger partial charge >= 0.3 is 0 Å². The first-order valence-electron chi connectivity index (χ1n) is 7.77. The molecule has 0 aliphatic carbocycles. The van der Waals surface area contributed by atoms with Gasteiger partial charge in [0.2, 0.25) is 0 Å². The Balaban J connectivity index is 1.77. The first-order valence-corrected chi connectivity index (χ1v) is 7.77. The minimum atomic E-state index is -0.249. The van der Waals surface area contributed by atoms with Crippen molar-refractivity contribution in [1.82, 2.24) is 10.6 Å². The molecule has 124 valence electrons. The summed E-state index contributed by atoms with van der Waals surface area (Å²) in [5.74, 6) is 0.478. The van der Waals surface area contributed by atoms with Gasteiger partial charge in [-0.05, 0) is 23.8 Å². The maximum absolute atomic E-state index is 13.6. The quantitative estimate of drug-likeness (QED) is 0.587. The number of halogens is 1. The molecule has 5 heteroatoms. The summed E-state index contributed by atoms with van der Waals surface area (Å²) in [6, 6.07) is 14.4. The van der Waals surface area contributed by atoms with Crippen molar-refractivity contribution in [1.29, 1.82) is 0 Å². The van der Waals surface area contributed by atoms with Gasteiger partial charge in [0.15, 0.2) is 0 Å². The highest BCUT2D eigenvalue weighted by atomic mass is 19.1. The van der Waals surface area contributed by atoms with Crippen LogP contribution in [0.1, 0.15) is 11.1 Å². The van der Waals surface area contributed by atoms with E-state index in [1.165, 1.54) is 6.07 Å². The van der Waals surface area contributed by atoms with Crippen LogP contribution >= 0.6 is 0 Å². The van der Waals surface area contributed by atoms with Crippen LogP contribution in [0.4, 0.5) is 4.39 Å². The van der Waals surface area contributed by atoms with Gasteiger partial charge in [-0.15, -0.1) is 0 Å². The maximum Gasteiger partial charge on any atom is 0.129 e. The van der Waals surface area contributed by atoms with Gasteiger partial charge in [-0.1, -0.05) is 30.3 Å². The summed E-state index contributed by atoms with van der Waals surface area (Å²) in [6.45, 7) is 3.35. The molecule has 0 spiro atoms. The van der Waals surface area contributed by atoms with Crippen LogP contribution in [0.5, 0.6) is 5.75 Å². The molecule has 0 aliphatic heterocycles. The molecule has 2 aromatic carbocycles. The lowest BCUT2D eigenvalue weighted by molar-refractivity contribution is 0.292. The van der Waals surface area contributed by atoms with Gasteiger partial charge in [0.25, 0.3) is 0 Å². The van der Waals surface area contributed by atoms with Crippen molar-refractivity contribution in [3.05, 3.63) is 65.5 Å². The summed E-state index contributed by atoms with van der Waals surface area (Å²) in [5, 5.41) is 15.1. The Morgan fingerprint density at radius 2 is 1.78 bits per heavy atom. The van der Waals surface area contributed by atoms with Crippen molar-refractivity contribution in [2.75, 3.05) is 26.2 Å². The molecular weight excluding hydrogens is 295 g/mol. The highest BCUT2D eigenvalue weighted by molar-refractivity contribution is 5.29. The Bertz CT molecular complexity index is 593. The van der Waals surface area contributed by atoms with Gasteiger partial charge in [0.05, 0.1) is 6.61 Å². The summed E-state index contributed by atoms with van der Waals surface area (Å²) in [4.78, 5) is 0. The summed E-state index contributed by atoms with van der Waals surface area (Å²) < 4.78 is 19.2. The largest absolute Gasteiger partial charge is 0.489 e. The third-order valence-corrected chi connectivity index (χ3v) is 3.35. The molecule has 0 amide bonds. The van der Waals surface area contributed by atoms with Crippen molar-refractivity contribution in [3.8, 4) is 5.75 Å². The van der Waals surface area contributed by atoms with E-state index in [0.717, 1.165) is 30.9 Å². The number of hydrogen-bond donors (Lipinski definition) is 3. The van der Waals surface area contributed by atoms with Gasteiger partial charge in [0.1, 0.15) is 18.2 Å². The summed E-state index contributed by atoms with van der Waals surface area (Å²) >= 11 is 0. The summed E-state index contributed by atoms with van der Waals surface area (Å²) in [6.07, 6.45) is 0. The Hall–Kier alpha value is -1.95. The van der Waals surface area contributed by atoms with Crippen LogP contribution in [0, 0.1) is 5.82 Å². The van der Waals surface area contributed by atoms with E-state index >= 15 is 0 Å². The molecule has 0 aromatic heterocycles.